The smallest absolute Gasteiger partial charge is 0.0715 e. The number of methoxy groups -OCH3 is 1. The summed E-state index contributed by atoms with van der Waals surface area (Å²) in [5.74, 6) is 0. The Labute approximate surface area is 123 Å². The summed E-state index contributed by atoms with van der Waals surface area (Å²) >= 11 is 0. The molecule has 0 aromatic heterocycles. The number of halogens is 2. The Bertz CT molecular complexity index is 205. The third-order valence-corrected chi connectivity index (χ3v) is 3.51. The molecule has 0 aromatic rings. The van der Waals surface area contributed by atoms with E-state index in [0.717, 1.165) is 19.2 Å². The van der Waals surface area contributed by atoms with Gasteiger partial charge in [-0.3, -0.25) is 4.90 Å². The van der Waals surface area contributed by atoms with Gasteiger partial charge in [-0.1, -0.05) is 0 Å². The van der Waals surface area contributed by atoms with Crippen LogP contribution in [-0.2, 0) is 9.47 Å². The van der Waals surface area contributed by atoms with Gasteiger partial charge in [0.1, 0.15) is 0 Å². The average Bonchev–Trinajstić information content (AvgIpc) is 2.91. The van der Waals surface area contributed by atoms with Crippen LogP contribution in [0.3, 0.4) is 0 Å². The van der Waals surface area contributed by atoms with Crippen LogP contribution in [0.5, 0.6) is 0 Å². The minimum absolute atomic E-state index is 0. The molecule has 2 aliphatic rings. The van der Waals surface area contributed by atoms with E-state index in [9.17, 15) is 0 Å². The third kappa shape index (κ3) is 6.04. The van der Waals surface area contributed by atoms with Gasteiger partial charge >= 0.3 is 0 Å². The van der Waals surface area contributed by atoms with E-state index in [1.807, 2.05) is 0 Å². The highest BCUT2D eigenvalue weighted by Gasteiger charge is 2.25. The van der Waals surface area contributed by atoms with Gasteiger partial charge in [0.15, 0.2) is 0 Å². The summed E-state index contributed by atoms with van der Waals surface area (Å²) in [6.45, 7) is 6.13. The summed E-state index contributed by atoms with van der Waals surface area (Å²) in [6.07, 6.45) is 4.28. The highest BCUT2D eigenvalue weighted by Crippen LogP contribution is 2.15. The van der Waals surface area contributed by atoms with Gasteiger partial charge in [-0.2, -0.15) is 0 Å². The van der Waals surface area contributed by atoms with Crippen molar-refractivity contribution in [3.63, 3.8) is 0 Å². The minimum atomic E-state index is 0. The van der Waals surface area contributed by atoms with E-state index in [0.29, 0.717) is 12.7 Å². The summed E-state index contributed by atoms with van der Waals surface area (Å²) in [7, 11) is 1.72. The SMILES string of the molecule is COCCO[C@@H]1CCN(C[C@@H]2CCCN2)C1.Cl.Cl. The zero-order valence-corrected chi connectivity index (χ0v) is 12.7. The average molecular weight is 301 g/mol. The van der Waals surface area contributed by atoms with Crippen molar-refractivity contribution >= 4 is 24.8 Å². The van der Waals surface area contributed by atoms with Crippen molar-refractivity contribution in [2.75, 3.05) is 46.5 Å². The summed E-state index contributed by atoms with van der Waals surface area (Å²) in [5.41, 5.74) is 0. The molecule has 2 atom stereocenters. The van der Waals surface area contributed by atoms with Gasteiger partial charge in [0.05, 0.1) is 19.3 Å². The molecule has 4 nitrogen and oxygen atoms in total. The lowest BCUT2D eigenvalue weighted by molar-refractivity contribution is 0.0219. The molecule has 2 saturated heterocycles. The lowest BCUT2D eigenvalue weighted by Crippen LogP contribution is -2.36. The van der Waals surface area contributed by atoms with Gasteiger partial charge in [0.25, 0.3) is 0 Å². The van der Waals surface area contributed by atoms with E-state index >= 15 is 0 Å². The zero-order valence-electron chi connectivity index (χ0n) is 11.1. The Balaban J connectivity index is 0.00000144. The summed E-state index contributed by atoms with van der Waals surface area (Å²) in [6, 6.07) is 0.720. The molecule has 0 aromatic carbocycles. The Morgan fingerprint density at radius 1 is 1.22 bits per heavy atom. The Morgan fingerprint density at radius 2 is 2.06 bits per heavy atom. The number of hydrogen-bond acceptors (Lipinski definition) is 4. The van der Waals surface area contributed by atoms with Crippen LogP contribution in [-0.4, -0.2) is 63.5 Å². The molecule has 0 amide bonds. The normalized spacial score (nSPS) is 27.8. The first-order chi connectivity index (χ1) is 7.88. The molecule has 1 N–H and O–H groups in total. The Kier molecular flexibility index (Phi) is 10.5. The second-order valence-corrected chi connectivity index (χ2v) is 4.83. The second-order valence-electron chi connectivity index (χ2n) is 4.83. The van der Waals surface area contributed by atoms with Crippen LogP contribution in [0.25, 0.3) is 0 Å². The molecule has 110 valence electrons. The van der Waals surface area contributed by atoms with Crippen LogP contribution < -0.4 is 5.32 Å². The van der Waals surface area contributed by atoms with Crippen molar-refractivity contribution in [3.05, 3.63) is 0 Å². The zero-order chi connectivity index (χ0) is 11.2. The van der Waals surface area contributed by atoms with E-state index in [1.54, 1.807) is 7.11 Å². The number of rotatable bonds is 6. The summed E-state index contributed by atoms with van der Waals surface area (Å²) in [5, 5.41) is 3.55. The minimum Gasteiger partial charge on any atom is -0.382 e. The largest absolute Gasteiger partial charge is 0.382 e. The molecule has 0 spiro atoms. The van der Waals surface area contributed by atoms with Crippen LogP contribution in [0.4, 0.5) is 0 Å². The van der Waals surface area contributed by atoms with Crippen LogP contribution >= 0.6 is 24.8 Å². The van der Waals surface area contributed by atoms with Crippen molar-refractivity contribution < 1.29 is 9.47 Å². The van der Waals surface area contributed by atoms with Crippen molar-refractivity contribution in [2.24, 2.45) is 0 Å². The molecule has 2 fully saturated rings. The first-order valence-electron chi connectivity index (χ1n) is 6.45. The van der Waals surface area contributed by atoms with Crippen molar-refractivity contribution in [3.8, 4) is 0 Å². The van der Waals surface area contributed by atoms with Gasteiger partial charge < -0.3 is 14.8 Å². The second kappa shape index (κ2) is 10.2. The van der Waals surface area contributed by atoms with Crippen molar-refractivity contribution in [1.29, 1.82) is 0 Å². The van der Waals surface area contributed by atoms with Crippen molar-refractivity contribution in [2.45, 2.75) is 31.4 Å². The van der Waals surface area contributed by atoms with Crippen molar-refractivity contribution in [1.82, 2.24) is 10.2 Å². The molecule has 0 aliphatic carbocycles. The van der Waals surface area contributed by atoms with Crippen LogP contribution in [0.1, 0.15) is 19.3 Å². The molecule has 0 saturated carbocycles. The summed E-state index contributed by atoms with van der Waals surface area (Å²) in [4.78, 5) is 2.53. The standard InChI is InChI=1S/C12H24N2O2.2ClH/c1-15-7-8-16-12-4-6-14(10-12)9-11-3-2-5-13-11;;/h11-13H,2-10H2,1H3;2*1H/t11-,12+;;/m0../s1. The molecular formula is C12H26Cl2N2O2. The van der Waals surface area contributed by atoms with E-state index in [2.05, 4.69) is 10.2 Å². The maximum absolute atomic E-state index is 5.75. The fourth-order valence-electron chi connectivity index (χ4n) is 2.62. The quantitative estimate of drug-likeness (QED) is 0.750. The molecule has 18 heavy (non-hydrogen) atoms. The predicted octanol–water partition coefficient (Wildman–Crippen LogP) is 1.32. The molecule has 0 radical (unpaired) electrons. The third-order valence-electron chi connectivity index (χ3n) is 3.51. The van der Waals surface area contributed by atoms with Gasteiger partial charge in [-0.05, 0) is 25.8 Å². The molecule has 6 heteroatoms. The number of nitrogens with zero attached hydrogens (tertiary/aromatic N) is 1. The topological polar surface area (TPSA) is 33.7 Å². The lowest BCUT2D eigenvalue weighted by Gasteiger charge is -2.20. The number of hydrogen-bond donors (Lipinski definition) is 1. The Hall–Kier alpha value is 0.420. The molecule has 0 bridgehead atoms. The number of likely N-dealkylation sites (tertiary alicyclic amines) is 1. The fraction of sp³-hybridized carbons (Fsp3) is 1.00. The van der Waals surface area contributed by atoms with Gasteiger partial charge in [0, 0.05) is 32.8 Å². The molecule has 2 rings (SSSR count). The van der Waals surface area contributed by atoms with E-state index in [1.165, 1.54) is 38.9 Å². The highest BCUT2D eigenvalue weighted by atomic mass is 35.5. The van der Waals surface area contributed by atoms with Gasteiger partial charge in [0.2, 0.25) is 0 Å². The van der Waals surface area contributed by atoms with Gasteiger partial charge in [-0.15, -0.1) is 24.8 Å². The van der Waals surface area contributed by atoms with E-state index < -0.39 is 0 Å². The maximum Gasteiger partial charge on any atom is 0.0715 e. The van der Waals surface area contributed by atoms with Crippen LogP contribution in [0, 0.1) is 0 Å². The fourth-order valence-corrected chi connectivity index (χ4v) is 2.62. The molecule has 2 heterocycles. The summed E-state index contributed by atoms with van der Waals surface area (Å²) < 4.78 is 10.7. The molecule has 2 aliphatic heterocycles. The van der Waals surface area contributed by atoms with E-state index in [4.69, 9.17) is 9.47 Å². The van der Waals surface area contributed by atoms with Gasteiger partial charge in [-0.25, -0.2) is 0 Å². The monoisotopic (exact) mass is 300 g/mol. The maximum atomic E-state index is 5.75. The van der Waals surface area contributed by atoms with Crippen LogP contribution in [0.2, 0.25) is 0 Å². The number of ether oxygens (including phenoxy) is 2. The molecular weight excluding hydrogens is 275 g/mol. The first-order valence-corrected chi connectivity index (χ1v) is 6.45. The Morgan fingerprint density at radius 3 is 2.72 bits per heavy atom. The first kappa shape index (κ1) is 18.4. The molecule has 0 unspecified atom stereocenters. The predicted molar refractivity (Wildman–Crippen MR) is 78.2 cm³/mol. The number of nitrogens with one attached hydrogen (secondary N) is 1. The highest BCUT2D eigenvalue weighted by molar-refractivity contribution is 5.85. The van der Waals surface area contributed by atoms with Crippen LogP contribution in [0.15, 0.2) is 0 Å². The lowest BCUT2D eigenvalue weighted by atomic mass is 10.2. The van der Waals surface area contributed by atoms with E-state index in [-0.39, 0.29) is 24.8 Å².